The van der Waals surface area contributed by atoms with Gasteiger partial charge in [0.1, 0.15) is 17.2 Å². The third kappa shape index (κ3) is 3.60. The van der Waals surface area contributed by atoms with Crippen LogP contribution in [0.15, 0.2) is 48.8 Å². The number of imidazole rings is 1. The number of ketones is 1. The molecule has 140 valence electrons. The Morgan fingerprint density at radius 1 is 0.963 bits per heavy atom. The van der Waals surface area contributed by atoms with Gasteiger partial charge in [0.25, 0.3) is 5.91 Å². The number of aromatic nitrogens is 2. The Morgan fingerprint density at radius 2 is 1.56 bits per heavy atom. The number of amides is 1. The van der Waals surface area contributed by atoms with Gasteiger partial charge in [-0.2, -0.15) is 0 Å². The summed E-state index contributed by atoms with van der Waals surface area (Å²) in [5.74, 6) is -0.800. The lowest BCUT2D eigenvalue weighted by atomic mass is 10.0. The summed E-state index contributed by atoms with van der Waals surface area (Å²) in [4.78, 5) is 31.4. The number of nitrogens with zero attached hydrogens (tertiary/aromatic N) is 3. The van der Waals surface area contributed by atoms with Crippen LogP contribution < -0.4 is 0 Å². The fraction of sp³-hybridized carbons (Fsp3) is 0.286. The summed E-state index contributed by atoms with van der Waals surface area (Å²) in [7, 11) is 0. The summed E-state index contributed by atoms with van der Waals surface area (Å²) in [6.07, 6.45) is 2.66. The van der Waals surface area contributed by atoms with E-state index < -0.39 is 5.82 Å². The minimum Gasteiger partial charge on any atom is -0.334 e. The number of carbonyl (C=O) groups excluding carboxylic acids is 2. The molecule has 1 aromatic carbocycles. The molecule has 2 aromatic heterocycles. The van der Waals surface area contributed by atoms with Crippen molar-refractivity contribution in [2.24, 2.45) is 0 Å². The highest BCUT2D eigenvalue weighted by molar-refractivity contribution is 6.08. The number of hydrogen-bond donors (Lipinski definition) is 0. The fourth-order valence-electron chi connectivity index (χ4n) is 3.25. The molecule has 0 fully saturated rings. The number of carbonyl (C=O) groups is 2. The molecular formula is C21H22FN3O2. The first-order valence-electron chi connectivity index (χ1n) is 8.89. The highest BCUT2D eigenvalue weighted by Crippen LogP contribution is 2.17. The summed E-state index contributed by atoms with van der Waals surface area (Å²) < 4.78 is 14.9. The first-order chi connectivity index (χ1) is 12.8. The van der Waals surface area contributed by atoms with Crippen molar-refractivity contribution in [2.75, 3.05) is 0 Å². The lowest BCUT2D eigenvalue weighted by molar-refractivity contribution is 0.0643. The average molecular weight is 367 g/mol. The Bertz CT molecular complexity index is 982. The Labute approximate surface area is 157 Å². The number of halogens is 1. The first kappa shape index (κ1) is 18.8. The summed E-state index contributed by atoms with van der Waals surface area (Å²) in [5.41, 5.74) is 1.71. The molecular weight excluding hydrogens is 345 g/mol. The third-order valence-electron chi connectivity index (χ3n) is 4.44. The molecule has 0 N–H and O–H groups in total. The Hall–Kier alpha value is -3.02. The molecule has 0 spiro atoms. The van der Waals surface area contributed by atoms with Crippen LogP contribution in [0.1, 0.15) is 54.1 Å². The minimum absolute atomic E-state index is 0.0733. The predicted octanol–water partition coefficient (Wildman–Crippen LogP) is 3.96. The van der Waals surface area contributed by atoms with Gasteiger partial charge in [-0.1, -0.05) is 12.1 Å². The predicted molar refractivity (Wildman–Crippen MR) is 101 cm³/mol. The Morgan fingerprint density at radius 3 is 2.15 bits per heavy atom. The van der Waals surface area contributed by atoms with Gasteiger partial charge in [0.2, 0.25) is 5.78 Å². The van der Waals surface area contributed by atoms with Crippen LogP contribution in [-0.4, -0.2) is 38.1 Å². The van der Waals surface area contributed by atoms with E-state index in [1.807, 2.05) is 27.7 Å². The molecule has 0 bridgehead atoms. The van der Waals surface area contributed by atoms with Gasteiger partial charge in [-0.25, -0.2) is 9.37 Å². The Kier molecular flexibility index (Phi) is 5.08. The van der Waals surface area contributed by atoms with Crippen LogP contribution in [0.25, 0.3) is 5.65 Å². The molecule has 0 radical (unpaired) electrons. The second-order valence-corrected chi connectivity index (χ2v) is 7.03. The van der Waals surface area contributed by atoms with Crippen LogP contribution in [0.3, 0.4) is 0 Å². The second-order valence-electron chi connectivity index (χ2n) is 7.03. The van der Waals surface area contributed by atoms with Crippen molar-refractivity contribution in [1.29, 1.82) is 0 Å². The molecule has 5 nitrogen and oxygen atoms in total. The van der Waals surface area contributed by atoms with Gasteiger partial charge in [-0.15, -0.1) is 0 Å². The van der Waals surface area contributed by atoms with E-state index in [1.165, 1.54) is 28.9 Å². The van der Waals surface area contributed by atoms with Gasteiger partial charge in [-0.3, -0.25) is 14.0 Å². The van der Waals surface area contributed by atoms with Crippen LogP contribution >= 0.6 is 0 Å². The highest BCUT2D eigenvalue weighted by atomic mass is 19.1. The molecule has 0 unspecified atom stereocenters. The van der Waals surface area contributed by atoms with Crippen LogP contribution in [0, 0.1) is 5.82 Å². The van der Waals surface area contributed by atoms with E-state index in [-0.39, 0.29) is 29.5 Å². The molecule has 0 aliphatic rings. The first-order valence-corrected chi connectivity index (χ1v) is 8.89. The third-order valence-corrected chi connectivity index (χ3v) is 4.44. The quantitative estimate of drug-likeness (QED) is 0.642. The highest BCUT2D eigenvalue weighted by Gasteiger charge is 2.22. The van der Waals surface area contributed by atoms with Crippen molar-refractivity contribution in [1.82, 2.24) is 14.3 Å². The van der Waals surface area contributed by atoms with Gasteiger partial charge in [0, 0.05) is 29.4 Å². The maximum absolute atomic E-state index is 13.5. The van der Waals surface area contributed by atoms with Crippen molar-refractivity contribution in [2.45, 2.75) is 39.8 Å². The van der Waals surface area contributed by atoms with E-state index in [9.17, 15) is 14.0 Å². The summed E-state index contributed by atoms with van der Waals surface area (Å²) in [6, 6.07) is 9.50. The van der Waals surface area contributed by atoms with Crippen molar-refractivity contribution >= 4 is 17.3 Å². The minimum atomic E-state index is -0.446. The van der Waals surface area contributed by atoms with Crippen LogP contribution in [0.2, 0.25) is 0 Å². The molecule has 0 saturated carbocycles. The maximum Gasteiger partial charge on any atom is 0.254 e. The number of rotatable bonds is 5. The topological polar surface area (TPSA) is 54.7 Å². The molecule has 1 amide bonds. The molecule has 0 aliphatic carbocycles. The van der Waals surface area contributed by atoms with Crippen LogP contribution in [-0.2, 0) is 0 Å². The monoisotopic (exact) mass is 367 g/mol. The molecule has 3 aromatic rings. The number of pyridine rings is 1. The largest absolute Gasteiger partial charge is 0.334 e. The van der Waals surface area contributed by atoms with Crippen LogP contribution in [0.5, 0.6) is 0 Å². The molecule has 6 heteroatoms. The SMILES string of the molecule is CC(C)N(C(=O)c1ccc(C(=O)c2cnc3ccc(F)cn23)cc1)C(C)C. The lowest BCUT2D eigenvalue weighted by Crippen LogP contribution is -2.42. The molecule has 0 aliphatic heterocycles. The standard InChI is InChI=1S/C21H22FN3O2/c1-13(2)25(14(3)4)21(27)16-7-5-15(6-8-16)20(26)18-11-23-19-10-9-17(22)12-24(18)19/h5-14H,1-4H3. The zero-order chi connectivity index (χ0) is 19.7. The fourth-order valence-corrected chi connectivity index (χ4v) is 3.25. The lowest BCUT2D eigenvalue weighted by Gasteiger charge is -2.30. The van der Waals surface area contributed by atoms with E-state index >= 15 is 0 Å². The normalized spacial score (nSPS) is 11.4. The van der Waals surface area contributed by atoms with E-state index in [0.717, 1.165) is 0 Å². The van der Waals surface area contributed by atoms with Gasteiger partial charge in [0.15, 0.2) is 0 Å². The summed E-state index contributed by atoms with van der Waals surface area (Å²) in [5, 5.41) is 0. The second kappa shape index (κ2) is 7.31. The molecule has 27 heavy (non-hydrogen) atoms. The van der Waals surface area contributed by atoms with Crippen molar-refractivity contribution in [3.8, 4) is 0 Å². The van der Waals surface area contributed by atoms with Gasteiger partial charge >= 0.3 is 0 Å². The Balaban J connectivity index is 1.89. The average Bonchev–Trinajstić information content (AvgIpc) is 3.03. The zero-order valence-corrected chi connectivity index (χ0v) is 15.8. The molecule has 3 rings (SSSR count). The van der Waals surface area contributed by atoms with E-state index in [1.54, 1.807) is 29.2 Å². The van der Waals surface area contributed by atoms with Crippen LogP contribution in [0.4, 0.5) is 4.39 Å². The zero-order valence-electron chi connectivity index (χ0n) is 15.8. The van der Waals surface area contributed by atoms with Crippen molar-refractivity contribution in [3.05, 3.63) is 71.4 Å². The number of hydrogen-bond acceptors (Lipinski definition) is 3. The van der Waals surface area contributed by atoms with Crippen molar-refractivity contribution in [3.63, 3.8) is 0 Å². The van der Waals surface area contributed by atoms with Gasteiger partial charge in [0.05, 0.1) is 6.20 Å². The molecule has 0 saturated heterocycles. The molecule has 0 atom stereocenters. The smallest absolute Gasteiger partial charge is 0.254 e. The number of benzene rings is 1. The van der Waals surface area contributed by atoms with Gasteiger partial charge in [-0.05, 0) is 52.0 Å². The summed E-state index contributed by atoms with van der Waals surface area (Å²) >= 11 is 0. The summed E-state index contributed by atoms with van der Waals surface area (Å²) in [6.45, 7) is 7.89. The van der Waals surface area contributed by atoms with E-state index in [0.29, 0.717) is 16.8 Å². The van der Waals surface area contributed by atoms with Gasteiger partial charge < -0.3 is 4.90 Å². The van der Waals surface area contributed by atoms with E-state index in [4.69, 9.17) is 0 Å². The van der Waals surface area contributed by atoms with E-state index in [2.05, 4.69) is 4.98 Å². The number of fused-ring (bicyclic) bond motifs is 1. The van der Waals surface area contributed by atoms with Crippen molar-refractivity contribution < 1.29 is 14.0 Å². The maximum atomic E-state index is 13.5. The molecule has 2 heterocycles.